The number of carbonyl (C=O) groups excluding carboxylic acids is 1. The number of rotatable bonds is 6. The first kappa shape index (κ1) is 24.9. The predicted octanol–water partition coefficient (Wildman–Crippen LogP) is 5.20. The molecule has 1 fully saturated rings. The van der Waals surface area contributed by atoms with Crippen molar-refractivity contribution in [2.24, 2.45) is 5.16 Å². The van der Waals surface area contributed by atoms with Crippen LogP contribution in [0.1, 0.15) is 30.4 Å². The zero-order valence-electron chi connectivity index (χ0n) is 18.5. The normalized spacial score (nSPS) is 14.2. The standard InChI is InChI=1S/C25H21Cl2F2N3O3/c26-19-5-4-6-20(27)25(19)32-14-16(7-10-22(32)33)24(18-9-8-17(28)13-21(18)29)30-35-15-23(34)31-11-2-1-3-12-31/h4-10,13-14H,1-3,11-12,15H2/b30-24-. The molecule has 0 spiro atoms. The van der Waals surface area contributed by atoms with Crippen molar-refractivity contribution in [3.63, 3.8) is 0 Å². The Morgan fingerprint density at radius 1 is 1.00 bits per heavy atom. The average molecular weight is 520 g/mol. The van der Waals surface area contributed by atoms with E-state index >= 15 is 0 Å². The Hall–Kier alpha value is -3.23. The number of amides is 1. The molecule has 2 heterocycles. The van der Waals surface area contributed by atoms with Crippen LogP contribution in [-0.2, 0) is 9.63 Å². The van der Waals surface area contributed by atoms with Gasteiger partial charge in [-0.3, -0.25) is 14.2 Å². The van der Waals surface area contributed by atoms with Crippen LogP contribution in [0.25, 0.3) is 5.69 Å². The van der Waals surface area contributed by atoms with Gasteiger partial charge < -0.3 is 9.74 Å². The molecule has 0 N–H and O–H groups in total. The molecular weight excluding hydrogens is 499 g/mol. The van der Waals surface area contributed by atoms with Gasteiger partial charge in [-0.25, -0.2) is 8.78 Å². The number of carbonyl (C=O) groups is 1. The molecule has 1 saturated heterocycles. The number of hydrogen-bond donors (Lipinski definition) is 0. The van der Waals surface area contributed by atoms with Gasteiger partial charge in [0.25, 0.3) is 11.5 Å². The summed E-state index contributed by atoms with van der Waals surface area (Å²) in [7, 11) is 0. The van der Waals surface area contributed by atoms with E-state index < -0.39 is 17.2 Å². The third-order valence-electron chi connectivity index (χ3n) is 5.60. The van der Waals surface area contributed by atoms with E-state index in [0.29, 0.717) is 19.2 Å². The van der Waals surface area contributed by atoms with E-state index in [-0.39, 0.29) is 45.1 Å². The minimum Gasteiger partial charge on any atom is -0.385 e. The molecule has 182 valence electrons. The van der Waals surface area contributed by atoms with Crippen LogP contribution < -0.4 is 5.56 Å². The van der Waals surface area contributed by atoms with Gasteiger partial charge in [-0.05, 0) is 49.6 Å². The molecule has 1 aliphatic heterocycles. The van der Waals surface area contributed by atoms with E-state index in [4.69, 9.17) is 28.0 Å². The van der Waals surface area contributed by atoms with Gasteiger partial charge in [0.15, 0.2) is 6.61 Å². The Balaban J connectivity index is 1.73. The summed E-state index contributed by atoms with van der Waals surface area (Å²) >= 11 is 12.6. The number of para-hydroxylation sites is 1. The van der Waals surface area contributed by atoms with Crippen molar-refractivity contribution in [2.45, 2.75) is 19.3 Å². The smallest absolute Gasteiger partial charge is 0.263 e. The fourth-order valence-electron chi connectivity index (χ4n) is 3.85. The van der Waals surface area contributed by atoms with Crippen LogP contribution in [0, 0.1) is 11.6 Å². The van der Waals surface area contributed by atoms with Crippen LogP contribution in [0.15, 0.2) is 64.7 Å². The van der Waals surface area contributed by atoms with Crippen LogP contribution in [0.3, 0.4) is 0 Å². The quantitative estimate of drug-likeness (QED) is 0.332. The molecule has 35 heavy (non-hydrogen) atoms. The van der Waals surface area contributed by atoms with Crippen molar-refractivity contribution in [2.75, 3.05) is 19.7 Å². The van der Waals surface area contributed by atoms with E-state index in [1.165, 1.54) is 29.0 Å². The molecule has 1 aromatic heterocycles. The third-order valence-corrected chi connectivity index (χ3v) is 6.21. The molecule has 4 rings (SSSR count). The molecular formula is C25H21Cl2F2N3O3. The number of hydrogen-bond acceptors (Lipinski definition) is 4. The molecule has 0 saturated carbocycles. The Bertz CT molecular complexity index is 1320. The van der Waals surface area contributed by atoms with Gasteiger partial charge in [-0.1, -0.05) is 34.4 Å². The van der Waals surface area contributed by atoms with E-state index in [1.54, 1.807) is 23.1 Å². The van der Waals surface area contributed by atoms with Gasteiger partial charge in [0, 0.05) is 42.5 Å². The minimum absolute atomic E-state index is 0.0362. The topological polar surface area (TPSA) is 63.9 Å². The number of likely N-dealkylation sites (tertiary alicyclic amines) is 1. The zero-order valence-corrected chi connectivity index (χ0v) is 20.0. The molecule has 0 bridgehead atoms. The highest BCUT2D eigenvalue weighted by Crippen LogP contribution is 2.28. The molecule has 0 unspecified atom stereocenters. The lowest BCUT2D eigenvalue weighted by molar-refractivity contribution is -0.137. The Morgan fingerprint density at radius 2 is 1.71 bits per heavy atom. The fourth-order valence-corrected chi connectivity index (χ4v) is 4.43. The van der Waals surface area contributed by atoms with Gasteiger partial charge in [-0.15, -0.1) is 0 Å². The summed E-state index contributed by atoms with van der Waals surface area (Å²) in [6, 6.07) is 10.4. The highest BCUT2D eigenvalue weighted by molar-refractivity contribution is 6.37. The molecule has 1 aliphatic rings. The SMILES string of the molecule is O=C(CO/N=C(/c1ccc(=O)n(-c2c(Cl)cccc2Cl)c1)c1ccc(F)cc1F)N1CCCCC1. The molecule has 3 aromatic rings. The first-order chi connectivity index (χ1) is 16.8. The molecule has 0 radical (unpaired) electrons. The fraction of sp³-hybridized carbons (Fsp3) is 0.240. The third kappa shape index (κ3) is 5.71. The lowest BCUT2D eigenvalue weighted by atomic mass is 10.0. The molecule has 6 nitrogen and oxygen atoms in total. The highest BCUT2D eigenvalue weighted by Gasteiger charge is 2.19. The van der Waals surface area contributed by atoms with Crippen molar-refractivity contribution >= 4 is 34.8 Å². The van der Waals surface area contributed by atoms with Gasteiger partial charge >= 0.3 is 0 Å². The van der Waals surface area contributed by atoms with Crippen LogP contribution in [0.2, 0.25) is 10.0 Å². The Labute approximate surface area is 210 Å². The molecule has 1 amide bonds. The predicted molar refractivity (Wildman–Crippen MR) is 130 cm³/mol. The highest BCUT2D eigenvalue weighted by atomic mass is 35.5. The summed E-state index contributed by atoms with van der Waals surface area (Å²) in [5, 5.41) is 4.48. The Morgan fingerprint density at radius 3 is 2.40 bits per heavy atom. The van der Waals surface area contributed by atoms with E-state index in [1.807, 2.05) is 0 Å². The summed E-state index contributed by atoms with van der Waals surface area (Å²) in [5.74, 6) is -1.89. The Kier molecular flexibility index (Phi) is 7.83. The van der Waals surface area contributed by atoms with Gasteiger partial charge in [0.05, 0.1) is 15.7 Å². The number of piperidine rings is 1. The number of nitrogens with zero attached hydrogens (tertiary/aromatic N) is 3. The largest absolute Gasteiger partial charge is 0.385 e. The van der Waals surface area contributed by atoms with Crippen LogP contribution in [0.4, 0.5) is 8.78 Å². The van der Waals surface area contributed by atoms with Gasteiger partial charge in [0.2, 0.25) is 0 Å². The first-order valence-electron chi connectivity index (χ1n) is 11.0. The van der Waals surface area contributed by atoms with Gasteiger partial charge in [0.1, 0.15) is 17.3 Å². The second-order valence-corrected chi connectivity index (χ2v) is 8.79. The number of halogens is 4. The van der Waals surface area contributed by atoms with Crippen LogP contribution in [-0.4, -0.2) is 40.8 Å². The van der Waals surface area contributed by atoms with Crippen LogP contribution >= 0.6 is 23.2 Å². The lowest BCUT2D eigenvalue weighted by Gasteiger charge is -2.26. The summed E-state index contributed by atoms with van der Waals surface area (Å²) < 4.78 is 29.5. The number of aromatic nitrogens is 1. The maximum Gasteiger partial charge on any atom is 0.263 e. The van der Waals surface area contributed by atoms with Gasteiger partial charge in [-0.2, -0.15) is 0 Å². The van der Waals surface area contributed by atoms with Crippen molar-refractivity contribution < 1.29 is 18.4 Å². The summed E-state index contributed by atoms with van der Waals surface area (Å²) in [4.78, 5) is 32.1. The summed E-state index contributed by atoms with van der Waals surface area (Å²) in [6.07, 6.45) is 4.30. The maximum absolute atomic E-state index is 14.7. The summed E-state index contributed by atoms with van der Waals surface area (Å²) in [6.45, 7) is 0.951. The number of pyridine rings is 1. The van der Waals surface area contributed by atoms with E-state index in [0.717, 1.165) is 25.3 Å². The zero-order chi connectivity index (χ0) is 24.9. The molecule has 2 aromatic carbocycles. The number of benzene rings is 2. The van der Waals surface area contributed by atoms with Crippen molar-refractivity contribution in [3.05, 3.63) is 97.9 Å². The minimum atomic E-state index is -0.886. The maximum atomic E-state index is 14.7. The molecule has 0 atom stereocenters. The van der Waals surface area contributed by atoms with E-state index in [2.05, 4.69) is 5.16 Å². The average Bonchev–Trinajstić information content (AvgIpc) is 2.84. The van der Waals surface area contributed by atoms with Crippen molar-refractivity contribution in [3.8, 4) is 5.69 Å². The second kappa shape index (κ2) is 11.0. The molecule has 0 aliphatic carbocycles. The van der Waals surface area contributed by atoms with Crippen LogP contribution in [0.5, 0.6) is 0 Å². The van der Waals surface area contributed by atoms with E-state index in [9.17, 15) is 18.4 Å². The van der Waals surface area contributed by atoms with Crippen molar-refractivity contribution in [1.29, 1.82) is 0 Å². The summed E-state index contributed by atoms with van der Waals surface area (Å²) in [5.41, 5.74) is -0.0543. The second-order valence-electron chi connectivity index (χ2n) is 7.98. The number of oxime groups is 1. The van der Waals surface area contributed by atoms with Crippen molar-refractivity contribution in [1.82, 2.24) is 9.47 Å². The molecule has 10 heteroatoms. The lowest BCUT2D eigenvalue weighted by Crippen LogP contribution is -2.37. The monoisotopic (exact) mass is 519 g/mol. The first-order valence-corrected chi connectivity index (χ1v) is 11.7.